The Hall–Kier alpha value is -2.42. The summed E-state index contributed by atoms with van der Waals surface area (Å²) >= 11 is 0. The standard InChI is InChI=1S/C17H18O3/c1-4-20-17(13-8-6-5-7-9-13)14-10-15(18-2)12-16(11-14)19-3/h4-12,17H,1H2,2-3H3/t17-/m1/s1. The number of hydrogen-bond donors (Lipinski definition) is 0. The highest BCUT2D eigenvalue weighted by atomic mass is 16.5. The van der Waals surface area contributed by atoms with Crippen LogP contribution in [0.3, 0.4) is 0 Å². The molecule has 0 spiro atoms. The first kappa shape index (κ1) is 14.0. The van der Waals surface area contributed by atoms with Crippen LogP contribution in [0.1, 0.15) is 17.2 Å². The molecule has 0 aliphatic heterocycles. The predicted octanol–water partition coefficient (Wildman–Crippen LogP) is 3.95. The molecule has 0 radical (unpaired) electrons. The van der Waals surface area contributed by atoms with Crippen molar-refractivity contribution in [2.45, 2.75) is 6.10 Å². The lowest BCUT2D eigenvalue weighted by Gasteiger charge is -2.19. The van der Waals surface area contributed by atoms with Gasteiger partial charge < -0.3 is 14.2 Å². The average molecular weight is 270 g/mol. The Balaban J connectivity index is 2.46. The number of hydrogen-bond acceptors (Lipinski definition) is 3. The second kappa shape index (κ2) is 6.66. The summed E-state index contributed by atoms with van der Waals surface area (Å²) in [5.74, 6) is 1.46. The first-order valence-corrected chi connectivity index (χ1v) is 6.32. The quantitative estimate of drug-likeness (QED) is 0.744. The molecule has 104 valence electrons. The molecule has 3 heteroatoms. The molecule has 0 aliphatic carbocycles. The summed E-state index contributed by atoms with van der Waals surface area (Å²) in [6, 6.07) is 15.7. The molecular weight excluding hydrogens is 252 g/mol. The summed E-state index contributed by atoms with van der Waals surface area (Å²) in [7, 11) is 3.26. The molecule has 1 atom stereocenters. The Bertz CT molecular complexity index is 541. The molecule has 0 heterocycles. The lowest BCUT2D eigenvalue weighted by molar-refractivity contribution is 0.183. The van der Waals surface area contributed by atoms with Gasteiger partial charge in [0.2, 0.25) is 0 Å². The van der Waals surface area contributed by atoms with Crippen LogP contribution in [0.4, 0.5) is 0 Å². The highest BCUT2D eigenvalue weighted by Crippen LogP contribution is 2.32. The summed E-state index contributed by atoms with van der Waals surface area (Å²) in [5, 5.41) is 0. The molecular formula is C17H18O3. The van der Waals surface area contributed by atoms with Gasteiger partial charge in [0.1, 0.15) is 17.6 Å². The van der Waals surface area contributed by atoms with Crippen LogP contribution in [0.2, 0.25) is 0 Å². The monoisotopic (exact) mass is 270 g/mol. The Morgan fingerprint density at radius 2 is 1.50 bits per heavy atom. The van der Waals surface area contributed by atoms with Crippen LogP contribution in [0.5, 0.6) is 11.5 Å². The number of ether oxygens (including phenoxy) is 3. The van der Waals surface area contributed by atoms with Gasteiger partial charge in [-0.1, -0.05) is 36.9 Å². The van der Waals surface area contributed by atoms with Gasteiger partial charge in [-0.15, -0.1) is 0 Å². The van der Waals surface area contributed by atoms with E-state index < -0.39 is 0 Å². The molecule has 2 rings (SSSR count). The minimum Gasteiger partial charge on any atom is -0.497 e. The molecule has 0 N–H and O–H groups in total. The zero-order valence-electron chi connectivity index (χ0n) is 11.7. The van der Waals surface area contributed by atoms with Crippen molar-refractivity contribution in [2.24, 2.45) is 0 Å². The van der Waals surface area contributed by atoms with Crippen molar-refractivity contribution < 1.29 is 14.2 Å². The topological polar surface area (TPSA) is 27.7 Å². The van der Waals surface area contributed by atoms with E-state index in [1.807, 2.05) is 48.5 Å². The summed E-state index contributed by atoms with van der Waals surface area (Å²) in [4.78, 5) is 0. The van der Waals surface area contributed by atoms with Gasteiger partial charge in [0, 0.05) is 11.6 Å². The van der Waals surface area contributed by atoms with Crippen molar-refractivity contribution in [2.75, 3.05) is 14.2 Å². The SMILES string of the molecule is C=CO[C@H](c1ccccc1)c1cc(OC)cc(OC)c1. The van der Waals surface area contributed by atoms with Gasteiger partial charge >= 0.3 is 0 Å². The minimum atomic E-state index is -0.238. The Morgan fingerprint density at radius 1 is 0.900 bits per heavy atom. The van der Waals surface area contributed by atoms with Crippen LogP contribution in [0.15, 0.2) is 61.4 Å². The largest absolute Gasteiger partial charge is 0.497 e. The zero-order valence-corrected chi connectivity index (χ0v) is 11.7. The normalized spacial score (nSPS) is 11.5. The third kappa shape index (κ3) is 3.12. The number of benzene rings is 2. The molecule has 2 aromatic rings. The van der Waals surface area contributed by atoms with E-state index in [9.17, 15) is 0 Å². The highest BCUT2D eigenvalue weighted by molar-refractivity contribution is 5.42. The number of rotatable bonds is 6. The van der Waals surface area contributed by atoms with Gasteiger partial charge in [-0.25, -0.2) is 0 Å². The summed E-state index contributed by atoms with van der Waals surface area (Å²) < 4.78 is 16.3. The van der Waals surface area contributed by atoms with Crippen molar-refractivity contribution in [3.8, 4) is 11.5 Å². The van der Waals surface area contributed by atoms with E-state index in [0.29, 0.717) is 0 Å². The van der Waals surface area contributed by atoms with Gasteiger partial charge in [-0.05, 0) is 17.7 Å². The molecule has 20 heavy (non-hydrogen) atoms. The molecule has 0 bridgehead atoms. The third-order valence-electron chi connectivity index (χ3n) is 3.01. The summed E-state index contributed by atoms with van der Waals surface area (Å²) in [6.45, 7) is 3.65. The van der Waals surface area contributed by atoms with Crippen LogP contribution in [-0.4, -0.2) is 14.2 Å². The second-order valence-corrected chi connectivity index (χ2v) is 4.24. The molecule has 0 saturated carbocycles. The van der Waals surface area contributed by atoms with E-state index in [1.165, 1.54) is 6.26 Å². The third-order valence-corrected chi connectivity index (χ3v) is 3.01. The fourth-order valence-electron chi connectivity index (χ4n) is 2.05. The van der Waals surface area contributed by atoms with Crippen molar-refractivity contribution in [3.63, 3.8) is 0 Å². The van der Waals surface area contributed by atoms with E-state index in [4.69, 9.17) is 14.2 Å². The highest BCUT2D eigenvalue weighted by Gasteiger charge is 2.16. The first-order chi connectivity index (χ1) is 9.78. The van der Waals surface area contributed by atoms with Gasteiger partial charge in [0.05, 0.1) is 20.5 Å². The Labute approximate surface area is 119 Å². The van der Waals surface area contributed by atoms with Gasteiger partial charge in [0.25, 0.3) is 0 Å². The minimum absolute atomic E-state index is 0.238. The van der Waals surface area contributed by atoms with E-state index in [1.54, 1.807) is 14.2 Å². The second-order valence-electron chi connectivity index (χ2n) is 4.24. The molecule has 0 aliphatic rings. The van der Waals surface area contributed by atoms with Crippen molar-refractivity contribution >= 4 is 0 Å². The van der Waals surface area contributed by atoms with Crippen molar-refractivity contribution in [1.29, 1.82) is 0 Å². The Morgan fingerprint density at radius 3 is 2.00 bits per heavy atom. The molecule has 2 aromatic carbocycles. The average Bonchev–Trinajstić information content (AvgIpc) is 2.52. The van der Waals surface area contributed by atoms with E-state index in [0.717, 1.165) is 22.6 Å². The maximum Gasteiger partial charge on any atom is 0.148 e. The molecule has 3 nitrogen and oxygen atoms in total. The smallest absolute Gasteiger partial charge is 0.148 e. The van der Waals surface area contributed by atoms with E-state index in [-0.39, 0.29) is 6.10 Å². The predicted molar refractivity (Wildman–Crippen MR) is 79.1 cm³/mol. The lowest BCUT2D eigenvalue weighted by atomic mass is 10.0. The maximum atomic E-state index is 5.67. The van der Waals surface area contributed by atoms with E-state index >= 15 is 0 Å². The summed E-state index contributed by atoms with van der Waals surface area (Å²) in [5.41, 5.74) is 2.00. The van der Waals surface area contributed by atoms with Crippen LogP contribution >= 0.6 is 0 Å². The fraction of sp³-hybridized carbons (Fsp3) is 0.176. The molecule has 0 fully saturated rings. The van der Waals surface area contributed by atoms with Gasteiger partial charge in [-0.3, -0.25) is 0 Å². The van der Waals surface area contributed by atoms with Crippen LogP contribution in [0.25, 0.3) is 0 Å². The number of methoxy groups -OCH3 is 2. The lowest BCUT2D eigenvalue weighted by Crippen LogP contribution is -2.03. The molecule has 0 saturated heterocycles. The van der Waals surface area contributed by atoms with Crippen molar-refractivity contribution in [3.05, 3.63) is 72.5 Å². The van der Waals surface area contributed by atoms with E-state index in [2.05, 4.69) is 6.58 Å². The summed E-state index contributed by atoms with van der Waals surface area (Å²) in [6.07, 6.45) is 1.21. The maximum absolute atomic E-state index is 5.67. The molecule has 0 amide bonds. The first-order valence-electron chi connectivity index (χ1n) is 6.32. The van der Waals surface area contributed by atoms with Crippen LogP contribution in [0, 0.1) is 0 Å². The van der Waals surface area contributed by atoms with Gasteiger partial charge in [0.15, 0.2) is 0 Å². The van der Waals surface area contributed by atoms with Crippen molar-refractivity contribution in [1.82, 2.24) is 0 Å². The van der Waals surface area contributed by atoms with Crippen LogP contribution in [-0.2, 0) is 4.74 Å². The van der Waals surface area contributed by atoms with Crippen LogP contribution < -0.4 is 9.47 Å². The Kier molecular flexibility index (Phi) is 4.66. The molecule has 0 unspecified atom stereocenters. The fourth-order valence-corrected chi connectivity index (χ4v) is 2.05. The van der Waals surface area contributed by atoms with Gasteiger partial charge in [-0.2, -0.15) is 0 Å². The molecule has 0 aromatic heterocycles. The zero-order chi connectivity index (χ0) is 14.4.